The molecule has 0 aliphatic carbocycles. The average molecular weight is 265 g/mol. The van der Waals surface area contributed by atoms with Gasteiger partial charge in [0.1, 0.15) is 5.69 Å². The fraction of sp³-hybridized carbons (Fsp3) is 0.188. The van der Waals surface area contributed by atoms with Gasteiger partial charge in [0.15, 0.2) is 0 Å². The van der Waals surface area contributed by atoms with Crippen molar-refractivity contribution in [2.45, 2.75) is 19.8 Å². The van der Waals surface area contributed by atoms with E-state index in [0.717, 1.165) is 16.6 Å². The highest BCUT2D eigenvalue weighted by atomic mass is 16.1. The Morgan fingerprint density at radius 2 is 2.00 bits per heavy atom. The van der Waals surface area contributed by atoms with Gasteiger partial charge in [0, 0.05) is 23.3 Å². The zero-order chi connectivity index (χ0) is 14.1. The molecule has 0 atom stereocenters. The second kappa shape index (κ2) is 4.89. The third-order valence-corrected chi connectivity index (χ3v) is 3.41. The fourth-order valence-corrected chi connectivity index (χ4v) is 2.26. The van der Waals surface area contributed by atoms with Crippen LogP contribution in [0, 0.1) is 0 Å². The first-order chi connectivity index (χ1) is 9.66. The number of benzene rings is 1. The van der Waals surface area contributed by atoms with E-state index in [0.29, 0.717) is 11.3 Å². The molecule has 1 N–H and O–H groups in total. The largest absolute Gasteiger partial charge is 0.272 e. The summed E-state index contributed by atoms with van der Waals surface area (Å²) >= 11 is 0. The van der Waals surface area contributed by atoms with Crippen molar-refractivity contribution < 1.29 is 0 Å². The van der Waals surface area contributed by atoms with Crippen LogP contribution in [-0.2, 0) is 0 Å². The van der Waals surface area contributed by atoms with E-state index in [2.05, 4.69) is 29.0 Å². The van der Waals surface area contributed by atoms with Crippen LogP contribution in [0.3, 0.4) is 0 Å². The van der Waals surface area contributed by atoms with Crippen molar-refractivity contribution in [2.24, 2.45) is 0 Å². The molecule has 0 fully saturated rings. The van der Waals surface area contributed by atoms with E-state index in [1.165, 1.54) is 5.56 Å². The van der Waals surface area contributed by atoms with Gasteiger partial charge in [-0.3, -0.25) is 9.78 Å². The van der Waals surface area contributed by atoms with Crippen LogP contribution in [0.1, 0.15) is 25.3 Å². The predicted molar refractivity (Wildman–Crippen MR) is 79.7 cm³/mol. The molecule has 0 saturated carbocycles. The van der Waals surface area contributed by atoms with E-state index in [9.17, 15) is 4.79 Å². The van der Waals surface area contributed by atoms with Crippen LogP contribution < -0.4 is 5.56 Å². The van der Waals surface area contributed by atoms with Crippen molar-refractivity contribution >= 4 is 10.8 Å². The van der Waals surface area contributed by atoms with Gasteiger partial charge < -0.3 is 0 Å². The zero-order valence-corrected chi connectivity index (χ0v) is 11.4. The number of aromatic amines is 1. The number of nitrogens with zero attached hydrogens (tertiary/aromatic N) is 2. The summed E-state index contributed by atoms with van der Waals surface area (Å²) in [6, 6.07) is 9.71. The topological polar surface area (TPSA) is 58.6 Å². The summed E-state index contributed by atoms with van der Waals surface area (Å²) in [7, 11) is 0. The lowest BCUT2D eigenvalue weighted by atomic mass is 9.98. The molecule has 0 spiro atoms. The van der Waals surface area contributed by atoms with Crippen molar-refractivity contribution in [1.29, 1.82) is 0 Å². The molecular formula is C16H15N3O. The molecule has 0 aliphatic rings. The number of H-pyrrole nitrogens is 1. The van der Waals surface area contributed by atoms with E-state index in [-0.39, 0.29) is 5.56 Å². The minimum absolute atomic E-state index is 0.164. The minimum atomic E-state index is -0.164. The summed E-state index contributed by atoms with van der Waals surface area (Å²) in [6.07, 6.45) is 3.47. The second-order valence-electron chi connectivity index (χ2n) is 5.10. The lowest BCUT2D eigenvalue weighted by Gasteiger charge is -2.09. The van der Waals surface area contributed by atoms with E-state index in [1.54, 1.807) is 12.4 Å². The van der Waals surface area contributed by atoms with Crippen molar-refractivity contribution in [3.63, 3.8) is 0 Å². The quantitative estimate of drug-likeness (QED) is 0.774. The number of aromatic nitrogens is 3. The summed E-state index contributed by atoms with van der Waals surface area (Å²) in [4.78, 5) is 16.0. The Morgan fingerprint density at radius 3 is 2.70 bits per heavy atom. The molecule has 2 aromatic heterocycles. The molecule has 3 aromatic rings. The summed E-state index contributed by atoms with van der Waals surface area (Å²) in [6.45, 7) is 4.26. The predicted octanol–water partition coefficient (Wildman–Crippen LogP) is 3.11. The SMILES string of the molecule is CC(C)c1ccc2c(=O)[nH]nc(-c3cccnc3)c2c1. The zero-order valence-electron chi connectivity index (χ0n) is 11.4. The molecular weight excluding hydrogens is 250 g/mol. The minimum Gasteiger partial charge on any atom is -0.267 e. The van der Waals surface area contributed by atoms with Gasteiger partial charge >= 0.3 is 0 Å². The van der Waals surface area contributed by atoms with Gasteiger partial charge in [-0.1, -0.05) is 19.9 Å². The maximum absolute atomic E-state index is 11.9. The van der Waals surface area contributed by atoms with Crippen LogP contribution in [0.15, 0.2) is 47.5 Å². The molecule has 2 heterocycles. The molecule has 0 bridgehead atoms. The Hall–Kier alpha value is -2.49. The fourth-order valence-electron chi connectivity index (χ4n) is 2.26. The third kappa shape index (κ3) is 2.09. The third-order valence-electron chi connectivity index (χ3n) is 3.41. The molecule has 4 heteroatoms. The standard InChI is InChI=1S/C16H15N3O/c1-10(2)11-5-6-13-14(8-11)15(18-19-16(13)20)12-4-3-7-17-9-12/h3-10H,1-2H3,(H,19,20). The number of hydrogen-bond acceptors (Lipinski definition) is 3. The van der Waals surface area contributed by atoms with Gasteiger partial charge in [-0.05, 0) is 35.7 Å². The van der Waals surface area contributed by atoms with Crippen LogP contribution in [0.5, 0.6) is 0 Å². The van der Waals surface area contributed by atoms with E-state index < -0.39 is 0 Å². The van der Waals surface area contributed by atoms with Gasteiger partial charge in [-0.2, -0.15) is 5.10 Å². The van der Waals surface area contributed by atoms with Crippen LogP contribution in [0.2, 0.25) is 0 Å². The molecule has 4 nitrogen and oxygen atoms in total. The Morgan fingerprint density at radius 1 is 1.15 bits per heavy atom. The second-order valence-corrected chi connectivity index (χ2v) is 5.10. The van der Waals surface area contributed by atoms with Crippen LogP contribution in [-0.4, -0.2) is 15.2 Å². The molecule has 0 aliphatic heterocycles. The van der Waals surface area contributed by atoms with Gasteiger partial charge in [-0.15, -0.1) is 0 Å². The molecule has 20 heavy (non-hydrogen) atoms. The van der Waals surface area contributed by atoms with Crippen LogP contribution in [0.4, 0.5) is 0 Å². The van der Waals surface area contributed by atoms with E-state index in [4.69, 9.17) is 0 Å². The maximum Gasteiger partial charge on any atom is 0.272 e. The van der Waals surface area contributed by atoms with Crippen molar-refractivity contribution in [3.8, 4) is 11.3 Å². The van der Waals surface area contributed by atoms with Crippen molar-refractivity contribution in [3.05, 3.63) is 58.6 Å². The number of rotatable bonds is 2. The first kappa shape index (κ1) is 12.5. The first-order valence-corrected chi connectivity index (χ1v) is 6.59. The van der Waals surface area contributed by atoms with Crippen molar-refractivity contribution in [1.82, 2.24) is 15.2 Å². The molecule has 0 saturated heterocycles. The lowest BCUT2D eigenvalue weighted by Crippen LogP contribution is -2.10. The van der Waals surface area contributed by atoms with E-state index >= 15 is 0 Å². The highest BCUT2D eigenvalue weighted by Crippen LogP contribution is 2.26. The Labute approximate surface area is 116 Å². The lowest BCUT2D eigenvalue weighted by molar-refractivity contribution is 0.868. The number of pyridine rings is 1. The average Bonchev–Trinajstić information content (AvgIpc) is 2.48. The molecule has 100 valence electrons. The Balaban J connectivity index is 2.35. The molecule has 1 aromatic carbocycles. The monoisotopic (exact) mass is 265 g/mol. The van der Waals surface area contributed by atoms with Crippen molar-refractivity contribution in [2.75, 3.05) is 0 Å². The molecule has 0 unspecified atom stereocenters. The normalized spacial score (nSPS) is 11.2. The van der Waals surface area contributed by atoms with Gasteiger partial charge in [0.05, 0.1) is 5.39 Å². The number of hydrogen-bond donors (Lipinski definition) is 1. The first-order valence-electron chi connectivity index (χ1n) is 6.59. The molecule has 3 rings (SSSR count). The van der Waals surface area contributed by atoms with Gasteiger partial charge in [0.2, 0.25) is 0 Å². The Bertz CT molecular complexity index is 807. The van der Waals surface area contributed by atoms with E-state index in [1.807, 2.05) is 30.3 Å². The van der Waals surface area contributed by atoms with Gasteiger partial charge in [0.25, 0.3) is 5.56 Å². The highest BCUT2D eigenvalue weighted by Gasteiger charge is 2.10. The summed E-state index contributed by atoms with van der Waals surface area (Å²) < 4.78 is 0. The highest BCUT2D eigenvalue weighted by molar-refractivity contribution is 5.94. The number of nitrogens with one attached hydrogen (secondary N) is 1. The summed E-state index contributed by atoms with van der Waals surface area (Å²) in [5, 5.41) is 8.28. The maximum atomic E-state index is 11.9. The molecule has 0 radical (unpaired) electrons. The molecule has 0 amide bonds. The van der Waals surface area contributed by atoms with Gasteiger partial charge in [-0.25, -0.2) is 5.10 Å². The summed E-state index contributed by atoms with van der Waals surface area (Å²) in [5.41, 5.74) is 2.68. The number of fused-ring (bicyclic) bond motifs is 1. The van der Waals surface area contributed by atoms with Crippen LogP contribution >= 0.6 is 0 Å². The Kier molecular flexibility index (Phi) is 3.06. The van der Waals surface area contributed by atoms with Crippen LogP contribution in [0.25, 0.3) is 22.0 Å². The smallest absolute Gasteiger partial charge is 0.267 e. The summed E-state index contributed by atoms with van der Waals surface area (Å²) in [5.74, 6) is 0.403.